The summed E-state index contributed by atoms with van der Waals surface area (Å²) in [6.07, 6.45) is -7.85. The lowest BCUT2D eigenvalue weighted by Gasteiger charge is -2.16. The summed E-state index contributed by atoms with van der Waals surface area (Å²) in [5, 5.41) is 0. The Morgan fingerprint density at radius 3 is 2.40 bits per heavy atom. The van der Waals surface area contributed by atoms with E-state index < -0.39 is 41.1 Å². The monoisotopic (exact) mass is 299 g/mol. The number of nitrogens with zero attached hydrogens (tertiary/aromatic N) is 1. The van der Waals surface area contributed by atoms with Gasteiger partial charge in [0.2, 0.25) is 0 Å². The van der Waals surface area contributed by atoms with Gasteiger partial charge in [0.15, 0.2) is 11.4 Å². The number of ether oxygens (including phenoxy) is 2. The van der Waals surface area contributed by atoms with Crippen LogP contribution in [0.1, 0.15) is 35.0 Å². The van der Waals surface area contributed by atoms with E-state index >= 15 is 0 Å². The number of hydrogen-bond acceptors (Lipinski definition) is 4. The molecular weight excluding hydrogens is 289 g/mol. The molecule has 4 nitrogen and oxygen atoms in total. The van der Waals surface area contributed by atoms with E-state index in [1.165, 1.54) is 6.92 Å². The van der Waals surface area contributed by atoms with E-state index in [4.69, 9.17) is 0 Å². The van der Waals surface area contributed by atoms with Crippen LogP contribution in [0.4, 0.5) is 22.0 Å². The molecule has 0 aromatic carbocycles. The highest BCUT2D eigenvalue weighted by Crippen LogP contribution is 2.39. The Morgan fingerprint density at radius 2 is 2.00 bits per heavy atom. The van der Waals surface area contributed by atoms with Crippen molar-refractivity contribution in [2.45, 2.75) is 19.5 Å². The van der Waals surface area contributed by atoms with Crippen LogP contribution in [0.15, 0.2) is 6.20 Å². The molecular formula is C11H10F5NO3. The van der Waals surface area contributed by atoms with E-state index in [-0.39, 0.29) is 6.61 Å². The fourth-order valence-corrected chi connectivity index (χ4v) is 1.49. The fourth-order valence-electron chi connectivity index (χ4n) is 1.49. The summed E-state index contributed by atoms with van der Waals surface area (Å²) in [6.45, 7) is 1.20. The zero-order chi connectivity index (χ0) is 15.5. The molecule has 112 valence electrons. The number of rotatable bonds is 4. The lowest BCUT2D eigenvalue weighted by atomic mass is 10.1. The van der Waals surface area contributed by atoms with Crippen molar-refractivity contribution in [3.05, 3.63) is 23.0 Å². The molecule has 0 aliphatic carbocycles. The fraction of sp³-hybridized carbons (Fsp3) is 0.455. The molecule has 0 aliphatic rings. The van der Waals surface area contributed by atoms with Crippen LogP contribution in [0.3, 0.4) is 0 Å². The minimum Gasteiger partial charge on any atom is -0.494 e. The molecule has 1 aromatic heterocycles. The van der Waals surface area contributed by atoms with Crippen LogP contribution in [-0.4, -0.2) is 24.7 Å². The van der Waals surface area contributed by atoms with E-state index in [1.54, 1.807) is 0 Å². The van der Waals surface area contributed by atoms with Gasteiger partial charge >= 0.3 is 12.1 Å². The third kappa shape index (κ3) is 3.14. The summed E-state index contributed by atoms with van der Waals surface area (Å²) in [5.41, 5.74) is -3.51. The van der Waals surface area contributed by atoms with E-state index in [1.807, 2.05) is 0 Å². The smallest absolute Gasteiger partial charge is 0.437 e. The molecule has 0 radical (unpaired) electrons. The lowest BCUT2D eigenvalue weighted by molar-refractivity contribution is -0.142. The Balaban J connectivity index is 3.59. The first-order valence-electron chi connectivity index (χ1n) is 5.33. The number of methoxy groups -OCH3 is 1. The number of carbonyl (C=O) groups excluding carboxylic acids is 1. The average molecular weight is 299 g/mol. The Morgan fingerprint density at radius 1 is 1.40 bits per heavy atom. The molecule has 0 aliphatic heterocycles. The molecule has 0 saturated heterocycles. The Kier molecular flexibility index (Phi) is 4.85. The molecule has 20 heavy (non-hydrogen) atoms. The normalized spacial score (nSPS) is 11.6. The third-order valence-corrected chi connectivity index (χ3v) is 2.25. The predicted octanol–water partition coefficient (Wildman–Crippen LogP) is 3.22. The first kappa shape index (κ1) is 16.1. The highest BCUT2D eigenvalue weighted by Gasteiger charge is 2.40. The number of esters is 1. The lowest BCUT2D eigenvalue weighted by Crippen LogP contribution is -2.17. The van der Waals surface area contributed by atoms with Gasteiger partial charge in [0.05, 0.1) is 19.3 Å². The highest BCUT2D eigenvalue weighted by molar-refractivity contribution is 5.94. The van der Waals surface area contributed by atoms with Crippen molar-refractivity contribution < 1.29 is 36.2 Å². The maximum atomic E-state index is 12.8. The number of pyridine rings is 1. The van der Waals surface area contributed by atoms with Gasteiger partial charge in [-0.1, -0.05) is 0 Å². The van der Waals surface area contributed by atoms with Gasteiger partial charge in [0.1, 0.15) is 5.56 Å². The van der Waals surface area contributed by atoms with Crippen LogP contribution in [0.2, 0.25) is 0 Å². The van der Waals surface area contributed by atoms with Gasteiger partial charge < -0.3 is 9.47 Å². The number of hydrogen-bond donors (Lipinski definition) is 0. The number of alkyl halides is 5. The summed E-state index contributed by atoms with van der Waals surface area (Å²) in [5.74, 6) is -2.40. The molecule has 1 aromatic rings. The molecule has 0 bridgehead atoms. The van der Waals surface area contributed by atoms with E-state index in [2.05, 4.69) is 14.5 Å². The van der Waals surface area contributed by atoms with Gasteiger partial charge in [-0.25, -0.2) is 18.6 Å². The molecule has 9 heteroatoms. The quantitative estimate of drug-likeness (QED) is 0.632. The van der Waals surface area contributed by atoms with Crippen molar-refractivity contribution in [3.8, 4) is 5.75 Å². The van der Waals surface area contributed by atoms with Crippen molar-refractivity contribution >= 4 is 5.97 Å². The minimum atomic E-state index is -4.95. The summed E-state index contributed by atoms with van der Waals surface area (Å²) < 4.78 is 72.6. The molecule has 0 unspecified atom stereocenters. The van der Waals surface area contributed by atoms with Gasteiger partial charge in [0, 0.05) is 6.20 Å². The van der Waals surface area contributed by atoms with Crippen molar-refractivity contribution in [2.24, 2.45) is 0 Å². The maximum Gasteiger partial charge on any atom is 0.437 e. The summed E-state index contributed by atoms with van der Waals surface area (Å²) in [4.78, 5) is 14.5. The average Bonchev–Trinajstić information content (AvgIpc) is 2.35. The first-order valence-corrected chi connectivity index (χ1v) is 5.33. The zero-order valence-corrected chi connectivity index (χ0v) is 10.4. The zero-order valence-electron chi connectivity index (χ0n) is 10.4. The van der Waals surface area contributed by atoms with E-state index in [0.29, 0.717) is 6.20 Å². The number of carbonyl (C=O) groups is 1. The van der Waals surface area contributed by atoms with Crippen LogP contribution in [-0.2, 0) is 10.9 Å². The second kappa shape index (κ2) is 6.02. The number of aromatic nitrogens is 1. The second-order valence-corrected chi connectivity index (χ2v) is 3.49. The second-order valence-electron chi connectivity index (χ2n) is 3.49. The van der Waals surface area contributed by atoms with Gasteiger partial charge in [-0.05, 0) is 6.92 Å². The van der Waals surface area contributed by atoms with Gasteiger partial charge in [-0.15, -0.1) is 0 Å². The topological polar surface area (TPSA) is 48.4 Å². The van der Waals surface area contributed by atoms with Crippen LogP contribution in [0.5, 0.6) is 5.75 Å². The van der Waals surface area contributed by atoms with Crippen LogP contribution in [0.25, 0.3) is 0 Å². The largest absolute Gasteiger partial charge is 0.494 e. The Labute approximate surface area is 110 Å². The van der Waals surface area contributed by atoms with Crippen molar-refractivity contribution in [3.63, 3.8) is 0 Å². The van der Waals surface area contributed by atoms with Gasteiger partial charge in [-0.3, -0.25) is 0 Å². The molecule has 1 rings (SSSR count). The van der Waals surface area contributed by atoms with Crippen LogP contribution in [0, 0.1) is 0 Å². The van der Waals surface area contributed by atoms with Crippen LogP contribution >= 0.6 is 0 Å². The Bertz CT molecular complexity index is 502. The Hall–Kier alpha value is -1.93. The van der Waals surface area contributed by atoms with E-state index in [0.717, 1.165) is 7.11 Å². The van der Waals surface area contributed by atoms with Gasteiger partial charge in [-0.2, -0.15) is 13.2 Å². The molecule has 0 fully saturated rings. The standard InChI is InChI=1S/C11H10F5NO3/c1-3-20-10(18)6-5(9(12)13)4-17-8(7(6)19-2)11(14,15)16/h4,9H,3H2,1-2H3. The molecule has 0 saturated carbocycles. The van der Waals surface area contributed by atoms with Crippen molar-refractivity contribution in [2.75, 3.05) is 13.7 Å². The predicted molar refractivity (Wildman–Crippen MR) is 56.7 cm³/mol. The third-order valence-electron chi connectivity index (χ3n) is 2.25. The summed E-state index contributed by atoms with van der Waals surface area (Å²) >= 11 is 0. The maximum absolute atomic E-state index is 12.8. The number of halogens is 5. The summed E-state index contributed by atoms with van der Waals surface area (Å²) in [7, 11) is 0.824. The molecule has 1 heterocycles. The minimum absolute atomic E-state index is 0.186. The van der Waals surface area contributed by atoms with Crippen molar-refractivity contribution in [1.82, 2.24) is 4.98 Å². The van der Waals surface area contributed by atoms with Gasteiger partial charge in [0.25, 0.3) is 6.43 Å². The SMILES string of the molecule is CCOC(=O)c1c(C(F)F)cnc(C(F)(F)F)c1OC. The first-order chi connectivity index (χ1) is 9.23. The van der Waals surface area contributed by atoms with E-state index in [9.17, 15) is 26.7 Å². The molecule has 0 atom stereocenters. The van der Waals surface area contributed by atoms with Crippen LogP contribution < -0.4 is 4.74 Å². The molecule has 0 N–H and O–H groups in total. The molecule has 0 amide bonds. The highest BCUT2D eigenvalue weighted by atomic mass is 19.4. The summed E-state index contributed by atoms with van der Waals surface area (Å²) in [6, 6.07) is 0. The van der Waals surface area contributed by atoms with Crippen molar-refractivity contribution in [1.29, 1.82) is 0 Å². The molecule has 0 spiro atoms.